The van der Waals surface area contributed by atoms with Gasteiger partial charge in [-0.1, -0.05) is 16.8 Å². The third-order valence-corrected chi connectivity index (χ3v) is 4.84. The number of amides is 1. The molecule has 1 aliphatic heterocycles. The molecule has 0 N–H and O–H groups in total. The maximum Gasteiger partial charge on any atom is 0.274 e. The van der Waals surface area contributed by atoms with Crippen molar-refractivity contribution >= 4 is 17.5 Å². The van der Waals surface area contributed by atoms with E-state index in [1.165, 1.54) is 6.42 Å². The Hall–Kier alpha value is -2.60. The molecule has 1 aromatic carbocycles. The second-order valence-corrected chi connectivity index (χ2v) is 6.83. The quantitative estimate of drug-likeness (QED) is 0.699. The smallest absolute Gasteiger partial charge is 0.274 e. The molecule has 0 bridgehead atoms. The predicted octanol–water partition coefficient (Wildman–Crippen LogP) is 3.87. The maximum absolute atomic E-state index is 12.5. The Labute approximate surface area is 156 Å². The van der Waals surface area contributed by atoms with E-state index < -0.39 is 0 Å². The van der Waals surface area contributed by atoms with Crippen molar-refractivity contribution in [3.63, 3.8) is 0 Å². The van der Waals surface area contributed by atoms with Crippen LogP contribution in [0.3, 0.4) is 0 Å². The number of piperidine rings is 1. The Morgan fingerprint density at radius 3 is 2.65 bits per heavy atom. The maximum atomic E-state index is 12.5. The Morgan fingerprint density at radius 2 is 1.88 bits per heavy atom. The van der Waals surface area contributed by atoms with E-state index in [2.05, 4.69) is 10.1 Å². The van der Waals surface area contributed by atoms with Crippen LogP contribution >= 0.6 is 11.6 Å². The molecule has 4 rings (SSSR count). The van der Waals surface area contributed by atoms with Gasteiger partial charge in [0.2, 0.25) is 11.7 Å². The molecule has 1 amide bonds. The number of carbonyl (C=O) groups excluding carboxylic acids is 1. The Balaban J connectivity index is 1.53. The first-order chi connectivity index (χ1) is 12.7. The summed E-state index contributed by atoms with van der Waals surface area (Å²) in [5.41, 5.74) is 1.56. The Kier molecular flexibility index (Phi) is 4.75. The standard InChI is InChI=1S/C19H19ClN4O2/c20-15-8-6-14(7-9-15)18-21-19(26-22-18)16-5-4-12-24(16)13-17(25)23-10-2-1-3-11-23/h4-9,12H,1-3,10-11,13H2. The molecule has 1 aliphatic rings. The summed E-state index contributed by atoms with van der Waals surface area (Å²) >= 11 is 5.92. The molecule has 6 nitrogen and oxygen atoms in total. The average Bonchev–Trinajstić information content (AvgIpc) is 3.32. The number of halogens is 1. The van der Waals surface area contributed by atoms with Gasteiger partial charge in [-0.3, -0.25) is 4.79 Å². The molecule has 134 valence electrons. The number of aromatic nitrogens is 3. The number of carbonyl (C=O) groups is 1. The van der Waals surface area contributed by atoms with Gasteiger partial charge in [-0.15, -0.1) is 0 Å². The molecule has 1 fully saturated rings. The SMILES string of the molecule is O=C(Cn1cccc1-c1nc(-c2ccc(Cl)cc2)no1)N1CCCCC1. The van der Waals surface area contributed by atoms with Gasteiger partial charge in [-0.2, -0.15) is 4.98 Å². The van der Waals surface area contributed by atoms with Crippen LogP contribution in [0.5, 0.6) is 0 Å². The van der Waals surface area contributed by atoms with Crippen LogP contribution in [0.1, 0.15) is 19.3 Å². The van der Waals surface area contributed by atoms with Gasteiger partial charge in [0, 0.05) is 29.9 Å². The number of likely N-dealkylation sites (tertiary alicyclic amines) is 1. The fourth-order valence-corrected chi connectivity index (χ4v) is 3.30. The largest absolute Gasteiger partial charge is 0.341 e. The topological polar surface area (TPSA) is 64.2 Å². The van der Waals surface area contributed by atoms with Gasteiger partial charge in [-0.25, -0.2) is 0 Å². The van der Waals surface area contributed by atoms with Crippen LogP contribution in [-0.2, 0) is 11.3 Å². The summed E-state index contributed by atoms with van der Waals surface area (Å²) in [4.78, 5) is 18.9. The van der Waals surface area contributed by atoms with Gasteiger partial charge in [0.1, 0.15) is 12.2 Å². The lowest BCUT2D eigenvalue weighted by atomic mass is 10.1. The summed E-state index contributed by atoms with van der Waals surface area (Å²) in [6, 6.07) is 11.0. The highest BCUT2D eigenvalue weighted by Crippen LogP contribution is 2.24. The van der Waals surface area contributed by atoms with Crippen LogP contribution < -0.4 is 0 Å². The highest BCUT2D eigenvalue weighted by Gasteiger charge is 2.19. The van der Waals surface area contributed by atoms with Gasteiger partial charge >= 0.3 is 0 Å². The second-order valence-electron chi connectivity index (χ2n) is 6.39. The number of benzene rings is 1. The normalized spacial score (nSPS) is 14.6. The molecule has 3 heterocycles. The first kappa shape index (κ1) is 16.8. The summed E-state index contributed by atoms with van der Waals surface area (Å²) in [7, 11) is 0. The van der Waals surface area contributed by atoms with E-state index in [1.807, 2.05) is 39.9 Å². The van der Waals surface area contributed by atoms with E-state index in [0.717, 1.165) is 37.2 Å². The summed E-state index contributed by atoms with van der Waals surface area (Å²) in [5.74, 6) is 1.01. The first-order valence-corrected chi connectivity index (χ1v) is 9.11. The minimum atomic E-state index is 0.125. The first-order valence-electron chi connectivity index (χ1n) is 8.73. The molecular weight excluding hydrogens is 352 g/mol. The van der Waals surface area contributed by atoms with Crippen LogP contribution in [0.25, 0.3) is 23.0 Å². The van der Waals surface area contributed by atoms with Crippen molar-refractivity contribution in [2.75, 3.05) is 13.1 Å². The summed E-state index contributed by atoms with van der Waals surface area (Å²) in [6.45, 7) is 1.97. The molecule has 1 saturated heterocycles. The molecule has 2 aromatic heterocycles. The summed E-state index contributed by atoms with van der Waals surface area (Å²) in [5, 5.41) is 4.70. The zero-order valence-corrected chi connectivity index (χ0v) is 15.0. The monoisotopic (exact) mass is 370 g/mol. The van der Waals surface area contributed by atoms with Crippen LogP contribution in [-0.4, -0.2) is 38.6 Å². The highest BCUT2D eigenvalue weighted by molar-refractivity contribution is 6.30. The van der Waals surface area contributed by atoms with E-state index in [1.54, 1.807) is 12.1 Å². The fourth-order valence-electron chi connectivity index (χ4n) is 3.18. The van der Waals surface area contributed by atoms with E-state index in [0.29, 0.717) is 16.7 Å². The molecule has 0 atom stereocenters. The van der Waals surface area contributed by atoms with Crippen molar-refractivity contribution < 1.29 is 9.32 Å². The number of rotatable bonds is 4. The zero-order valence-electron chi connectivity index (χ0n) is 14.3. The minimum absolute atomic E-state index is 0.125. The van der Waals surface area contributed by atoms with Gasteiger partial charge < -0.3 is 14.0 Å². The highest BCUT2D eigenvalue weighted by atomic mass is 35.5. The lowest BCUT2D eigenvalue weighted by Crippen LogP contribution is -2.37. The van der Waals surface area contributed by atoms with Gasteiger partial charge in [0.15, 0.2) is 0 Å². The lowest BCUT2D eigenvalue weighted by molar-refractivity contribution is -0.132. The van der Waals surface area contributed by atoms with Crippen molar-refractivity contribution in [2.24, 2.45) is 0 Å². The van der Waals surface area contributed by atoms with Gasteiger partial charge in [-0.05, 0) is 55.7 Å². The van der Waals surface area contributed by atoms with E-state index in [-0.39, 0.29) is 12.5 Å². The van der Waals surface area contributed by atoms with Gasteiger partial charge in [0.25, 0.3) is 5.89 Å². The number of hydrogen-bond acceptors (Lipinski definition) is 4. The fraction of sp³-hybridized carbons (Fsp3) is 0.316. The molecule has 0 saturated carbocycles. The lowest BCUT2D eigenvalue weighted by Gasteiger charge is -2.27. The van der Waals surface area contributed by atoms with Crippen molar-refractivity contribution in [3.05, 3.63) is 47.6 Å². The van der Waals surface area contributed by atoms with Crippen molar-refractivity contribution in [1.82, 2.24) is 19.6 Å². The van der Waals surface area contributed by atoms with E-state index >= 15 is 0 Å². The minimum Gasteiger partial charge on any atom is -0.341 e. The third kappa shape index (κ3) is 3.51. The van der Waals surface area contributed by atoms with Crippen LogP contribution in [0.2, 0.25) is 5.02 Å². The molecule has 3 aromatic rings. The van der Waals surface area contributed by atoms with Crippen LogP contribution in [0.15, 0.2) is 47.1 Å². The van der Waals surface area contributed by atoms with Crippen molar-refractivity contribution in [1.29, 1.82) is 0 Å². The van der Waals surface area contributed by atoms with Crippen molar-refractivity contribution in [3.8, 4) is 23.0 Å². The Morgan fingerprint density at radius 1 is 1.12 bits per heavy atom. The summed E-state index contributed by atoms with van der Waals surface area (Å²) in [6.07, 6.45) is 5.23. The molecule has 7 heteroatoms. The zero-order chi connectivity index (χ0) is 17.9. The molecular formula is C19H19ClN4O2. The molecule has 0 aliphatic carbocycles. The molecule has 0 radical (unpaired) electrons. The number of nitrogens with zero attached hydrogens (tertiary/aromatic N) is 4. The van der Waals surface area contributed by atoms with Crippen LogP contribution in [0.4, 0.5) is 0 Å². The molecule has 0 spiro atoms. The molecule has 0 unspecified atom stereocenters. The van der Waals surface area contributed by atoms with Crippen molar-refractivity contribution in [2.45, 2.75) is 25.8 Å². The van der Waals surface area contributed by atoms with Gasteiger partial charge in [0.05, 0.1) is 0 Å². The number of hydrogen-bond donors (Lipinski definition) is 0. The summed E-state index contributed by atoms with van der Waals surface area (Å²) < 4.78 is 7.28. The van der Waals surface area contributed by atoms with E-state index in [9.17, 15) is 4.79 Å². The van der Waals surface area contributed by atoms with Crippen LogP contribution in [0, 0.1) is 0 Å². The Bertz CT molecular complexity index is 894. The average molecular weight is 371 g/mol. The second kappa shape index (κ2) is 7.33. The molecule has 26 heavy (non-hydrogen) atoms. The third-order valence-electron chi connectivity index (χ3n) is 4.59. The van der Waals surface area contributed by atoms with E-state index in [4.69, 9.17) is 16.1 Å². The predicted molar refractivity (Wildman–Crippen MR) is 98.6 cm³/mol.